The molecule has 7 aromatic carbocycles. The van der Waals surface area contributed by atoms with E-state index >= 15 is 0 Å². The Kier molecular flexibility index (Phi) is 6.89. The second kappa shape index (κ2) is 11.8. The highest BCUT2D eigenvalue weighted by molar-refractivity contribution is 7.27. The summed E-state index contributed by atoms with van der Waals surface area (Å²) in [6.07, 6.45) is 0. The molecule has 0 saturated carbocycles. The van der Waals surface area contributed by atoms with E-state index in [9.17, 15) is 0 Å². The number of nitrogens with zero attached hydrogens (tertiary/aromatic N) is 2. The maximum atomic E-state index is 2.52. The molecule has 0 fully saturated rings. The first-order valence-electron chi connectivity index (χ1n) is 18.6. The maximum Gasteiger partial charge on any atom is 0.0727 e. The lowest BCUT2D eigenvalue weighted by Crippen LogP contribution is -1.95. The third kappa shape index (κ3) is 4.77. The Morgan fingerprint density at radius 1 is 0.333 bits per heavy atom. The molecule has 258 valence electrons. The van der Waals surface area contributed by atoms with Crippen LogP contribution in [0.5, 0.6) is 0 Å². The smallest absolute Gasteiger partial charge is 0.0727 e. The summed E-state index contributed by atoms with van der Waals surface area (Å²) < 4.78 is 10.3. The van der Waals surface area contributed by atoms with Crippen molar-refractivity contribution in [1.82, 2.24) is 9.13 Å². The molecule has 0 aliphatic heterocycles. The highest BCUT2D eigenvalue weighted by atomic mass is 32.1. The molecule has 0 radical (unpaired) electrons. The molecule has 0 aliphatic carbocycles. The zero-order chi connectivity index (χ0) is 36.2. The fourth-order valence-corrected chi connectivity index (χ4v) is 10.8. The van der Waals surface area contributed by atoms with Gasteiger partial charge >= 0.3 is 0 Å². The van der Waals surface area contributed by atoms with Gasteiger partial charge in [0.1, 0.15) is 0 Å². The van der Waals surface area contributed by atoms with E-state index in [0.29, 0.717) is 0 Å². The van der Waals surface area contributed by atoms with E-state index in [1.807, 2.05) is 22.7 Å². The largest absolute Gasteiger partial charge is 0.308 e. The predicted molar refractivity (Wildman–Crippen MR) is 236 cm³/mol. The van der Waals surface area contributed by atoms with Gasteiger partial charge in [-0.15, -0.1) is 22.7 Å². The molecule has 11 rings (SSSR count). The molecule has 0 atom stereocenters. The van der Waals surface area contributed by atoms with Crippen LogP contribution in [0, 0.1) is 27.7 Å². The molecular formula is C50H36N2S2. The van der Waals surface area contributed by atoms with E-state index in [1.54, 1.807) is 0 Å². The summed E-state index contributed by atoms with van der Waals surface area (Å²) in [7, 11) is 0. The number of aromatic nitrogens is 2. The van der Waals surface area contributed by atoms with Gasteiger partial charge in [0.15, 0.2) is 0 Å². The summed E-state index contributed by atoms with van der Waals surface area (Å²) >= 11 is 3.84. The molecule has 0 spiro atoms. The number of hydrogen-bond acceptors (Lipinski definition) is 2. The van der Waals surface area contributed by atoms with Gasteiger partial charge in [0.05, 0.1) is 31.5 Å². The first-order chi connectivity index (χ1) is 26.4. The molecule has 4 heteroatoms. The highest BCUT2D eigenvalue weighted by Crippen LogP contribution is 2.48. The van der Waals surface area contributed by atoms with E-state index in [4.69, 9.17) is 0 Å². The molecule has 0 saturated heterocycles. The van der Waals surface area contributed by atoms with E-state index in [2.05, 4.69) is 182 Å². The van der Waals surface area contributed by atoms with Crippen LogP contribution in [-0.2, 0) is 0 Å². The van der Waals surface area contributed by atoms with Crippen molar-refractivity contribution in [2.45, 2.75) is 27.7 Å². The Labute approximate surface area is 321 Å². The van der Waals surface area contributed by atoms with Crippen molar-refractivity contribution < 1.29 is 0 Å². The third-order valence-corrected chi connectivity index (χ3v) is 13.6. The fraction of sp³-hybridized carbons (Fsp3) is 0.0800. The number of rotatable bonds is 4. The second-order valence-corrected chi connectivity index (χ2v) is 17.0. The lowest BCUT2D eigenvalue weighted by Gasteiger charge is -2.11. The van der Waals surface area contributed by atoms with Gasteiger partial charge in [-0.1, -0.05) is 119 Å². The Hall–Kier alpha value is -5.94. The Morgan fingerprint density at radius 3 is 1.04 bits per heavy atom. The molecular weight excluding hydrogens is 693 g/mol. The summed E-state index contributed by atoms with van der Waals surface area (Å²) in [5, 5.41) is 5.18. The van der Waals surface area contributed by atoms with Crippen molar-refractivity contribution in [1.29, 1.82) is 0 Å². The number of benzene rings is 7. The normalized spacial score (nSPS) is 12.1. The van der Waals surface area contributed by atoms with Crippen molar-refractivity contribution >= 4 is 85.1 Å². The summed E-state index contributed by atoms with van der Waals surface area (Å²) in [4.78, 5) is 0. The fourth-order valence-electron chi connectivity index (χ4n) is 8.30. The first-order valence-corrected chi connectivity index (χ1v) is 20.2. The van der Waals surface area contributed by atoms with E-state index in [1.165, 1.54) is 118 Å². The lowest BCUT2D eigenvalue weighted by atomic mass is 10.0. The predicted octanol–water partition coefficient (Wildman–Crippen LogP) is 14.9. The minimum Gasteiger partial charge on any atom is -0.308 e. The van der Waals surface area contributed by atoms with Gasteiger partial charge < -0.3 is 9.13 Å². The SMILES string of the molecule is Cc1ccc(-c2ccc3c(c2)sc2c4cc5c(cc4n(-c4ccc(C)cc4)c32)c2sc3cc(-c4ccc(C)cc4)ccc3c2n5-c2ccc(C)cc2)cc1. The van der Waals surface area contributed by atoms with Gasteiger partial charge in [0.2, 0.25) is 0 Å². The number of hydrogen-bond donors (Lipinski definition) is 0. The minimum atomic E-state index is 1.19. The summed E-state index contributed by atoms with van der Waals surface area (Å²) in [5.41, 5.74) is 17.6. The van der Waals surface area contributed by atoms with E-state index in [-0.39, 0.29) is 0 Å². The van der Waals surface area contributed by atoms with Crippen LogP contribution in [0.2, 0.25) is 0 Å². The molecule has 54 heavy (non-hydrogen) atoms. The second-order valence-electron chi connectivity index (χ2n) is 14.9. The third-order valence-electron chi connectivity index (χ3n) is 11.2. The number of aryl methyl sites for hydroxylation is 4. The van der Waals surface area contributed by atoms with Crippen LogP contribution < -0.4 is 0 Å². The molecule has 0 amide bonds. The Balaban J connectivity index is 1.23. The molecule has 0 bridgehead atoms. The van der Waals surface area contributed by atoms with Crippen LogP contribution in [0.15, 0.2) is 146 Å². The molecule has 0 aliphatic rings. The van der Waals surface area contributed by atoms with Crippen LogP contribution in [0.3, 0.4) is 0 Å². The van der Waals surface area contributed by atoms with Gasteiger partial charge in [0, 0.05) is 42.3 Å². The maximum absolute atomic E-state index is 2.52. The van der Waals surface area contributed by atoms with Crippen molar-refractivity contribution in [2.75, 3.05) is 0 Å². The van der Waals surface area contributed by atoms with Gasteiger partial charge in [-0.25, -0.2) is 0 Å². The summed E-state index contributed by atoms with van der Waals surface area (Å²) in [6, 6.07) is 54.8. The van der Waals surface area contributed by atoms with Gasteiger partial charge in [-0.3, -0.25) is 0 Å². The monoisotopic (exact) mass is 728 g/mol. The van der Waals surface area contributed by atoms with Crippen molar-refractivity contribution in [2.24, 2.45) is 0 Å². The van der Waals surface area contributed by atoms with Crippen LogP contribution in [0.1, 0.15) is 22.3 Å². The standard InChI is InChI=1S/C50H36N2S2/c1-29-5-13-33(14-6-29)35-17-23-39-45(25-35)53-49-41-27-44-42(28-43(41)51(47(39)49)37-19-9-31(3)10-20-37)50-48(52(44)38-21-11-32(4)12-22-38)40-24-18-36(26-46(40)54-50)34-15-7-30(2)8-16-34/h5-28H,1-4H3. The van der Waals surface area contributed by atoms with Crippen LogP contribution in [0.25, 0.3) is 96.0 Å². The van der Waals surface area contributed by atoms with Crippen molar-refractivity contribution in [3.8, 4) is 33.6 Å². The summed E-state index contributed by atoms with van der Waals surface area (Å²) in [5.74, 6) is 0. The van der Waals surface area contributed by atoms with Crippen molar-refractivity contribution in [3.63, 3.8) is 0 Å². The Bertz CT molecular complexity index is 3030. The molecule has 4 aromatic heterocycles. The average Bonchev–Trinajstić information content (AvgIpc) is 3.91. The van der Waals surface area contributed by atoms with E-state index in [0.717, 1.165) is 0 Å². The van der Waals surface area contributed by atoms with Gasteiger partial charge in [0.25, 0.3) is 0 Å². The quantitative estimate of drug-likeness (QED) is 0.171. The molecule has 0 unspecified atom stereocenters. The average molecular weight is 729 g/mol. The zero-order valence-corrected chi connectivity index (χ0v) is 32.2. The molecule has 2 nitrogen and oxygen atoms in total. The van der Waals surface area contributed by atoms with Crippen LogP contribution in [-0.4, -0.2) is 9.13 Å². The molecule has 11 aromatic rings. The van der Waals surface area contributed by atoms with Gasteiger partial charge in [-0.05, 0) is 98.5 Å². The van der Waals surface area contributed by atoms with Crippen LogP contribution in [0.4, 0.5) is 0 Å². The molecule has 4 heterocycles. The first kappa shape index (κ1) is 31.6. The highest BCUT2D eigenvalue weighted by Gasteiger charge is 2.24. The minimum absolute atomic E-state index is 1.19. The van der Waals surface area contributed by atoms with E-state index < -0.39 is 0 Å². The number of thiophene rings is 2. The number of fused-ring (bicyclic) bond motifs is 10. The van der Waals surface area contributed by atoms with Gasteiger partial charge in [-0.2, -0.15) is 0 Å². The van der Waals surface area contributed by atoms with Crippen molar-refractivity contribution in [3.05, 3.63) is 168 Å². The topological polar surface area (TPSA) is 9.86 Å². The van der Waals surface area contributed by atoms with Crippen LogP contribution >= 0.6 is 22.7 Å². The molecule has 0 N–H and O–H groups in total. The Morgan fingerprint density at radius 2 is 0.667 bits per heavy atom. The summed E-state index contributed by atoms with van der Waals surface area (Å²) in [6.45, 7) is 8.63. The zero-order valence-electron chi connectivity index (χ0n) is 30.6. The lowest BCUT2D eigenvalue weighted by molar-refractivity contribution is 1.18.